The van der Waals surface area contributed by atoms with E-state index in [9.17, 15) is 15.0 Å². The molecule has 160 valence electrons. The summed E-state index contributed by atoms with van der Waals surface area (Å²) in [6.07, 6.45) is 6.71. The first-order valence-electron chi connectivity index (χ1n) is 10.3. The van der Waals surface area contributed by atoms with Crippen molar-refractivity contribution in [3.8, 4) is 11.5 Å². The number of unbranched alkanes of at least 4 members (excludes halogenated alkanes) is 1. The predicted octanol–water partition coefficient (Wildman–Crippen LogP) is 4.18. The third kappa shape index (κ3) is 5.65. The molecule has 29 heavy (non-hydrogen) atoms. The molecule has 4 atom stereocenters. The Morgan fingerprint density at radius 3 is 2.90 bits per heavy atom. The lowest BCUT2D eigenvalue weighted by Gasteiger charge is -2.19. The van der Waals surface area contributed by atoms with E-state index in [0.29, 0.717) is 24.3 Å². The van der Waals surface area contributed by atoms with E-state index < -0.39 is 12.1 Å². The third-order valence-corrected chi connectivity index (χ3v) is 5.63. The number of halogens is 1. The fourth-order valence-electron chi connectivity index (χ4n) is 3.57. The second kappa shape index (κ2) is 9.83. The topological polar surface area (TPSA) is 88.5 Å². The molecule has 2 aliphatic heterocycles. The maximum absolute atomic E-state index is 12.8. The Hall–Kier alpha value is -1.76. The lowest BCUT2D eigenvalue weighted by Crippen LogP contribution is -2.20. The minimum atomic E-state index is -0.861. The summed E-state index contributed by atoms with van der Waals surface area (Å²) in [6, 6.07) is 1.34. The number of ether oxygens (including phenoxy) is 3. The molecule has 7 heteroatoms. The average molecular weight is 425 g/mol. The number of esters is 1. The van der Waals surface area contributed by atoms with Crippen LogP contribution in [-0.2, 0) is 15.9 Å². The Kier molecular flexibility index (Phi) is 7.44. The molecule has 2 N–H and O–H groups in total. The molecular formula is C22H29ClO6. The lowest BCUT2D eigenvalue weighted by atomic mass is 9.98. The Bertz CT molecular complexity index is 762. The molecule has 1 fully saturated rings. The zero-order valence-corrected chi connectivity index (χ0v) is 17.7. The first kappa shape index (κ1) is 21.9. The van der Waals surface area contributed by atoms with Gasteiger partial charge in [0.05, 0.1) is 29.9 Å². The summed E-state index contributed by atoms with van der Waals surface area (Å²) in [5.74, 6) is -0.641. The van der Waals surface area contributed by atoms with Gasteiger partial charge in [-0.2, -0.15) is 0 Å². The van der Waals surface area contributed by atoms with Gasteiger partial charge in [0, 0.05) is 18.9 Å². The van der Waals surface area contributed by atoms with Gasteiger partial charge in [-0.1, -0.05) is 37.1 Å². The van der Waals surface area contributed by atoms with E-state index in [1.54, 1.807) is 13.0 Å². The summed E-state index contributed by atoms with van der Waals surface area (Å²) < 4.78 is 16.9. The summed E-state index contributed by atoms with van der Waals surface area (Å²) in [5, 5.41) is 21.2. The number of phenols is 1. The average Bonchev–Trinajstić information content (AvgIpc) is 3.39. The SMILES string of the molecule is CCCCOc1cc(O)c2c(c1Cl)C[C@@H](O)C=CCC[C@@H]1O[C@H]1C[C@@H](C)OC2=O. The normalized spacial score (nSPS) is 27.4. The Balaban J connectivity index is 1.93. The van der Waals surface area contributed by atoms with Gasteiger partial charge in [-0.3, -0.25) is 0 Å². The molecule has 0 amide bonds. The fourth-order valence-corrected chi connectivity index (χ4v) is 3.85. The number of phenolic OH excluding ortho intramolecular Hbond substituents is 1. The highest BCUT2D eigenvalue weighted by Crippen LogP contribution is 2.39. The molecule has 0 saturated carbocycles. The van der Waals surface area contributed by atoms with E-state index in [0.717, 1.165) is 25.7 Å². The van der Waals surface area contributed by atoms with Crippen molar-refractivity contribution in [3.05, 3.63) is 34.4 Å². The monoisotopic (exact) mass is 424 g/mol. The van der Waals surface area contributed by atoms with Crippen LogP contribution >= 0.6 is 11.6 Å². The highest BCUT2D eigenvalue weighted by molar-refractivity contribution is 6.33. The summed E-state index contributed by atoms with van der Waals surface area (Å²) in [4.78, 5) is 12.8. The van der Waals surface area contributed by atoms with E-state index in [2.05, 4.69) is 0 Å². The van der Waals surface area contributed by atoms with Gasteiger partial charge in [-0.15, -0.1) is 0 Å². The van der Waals surface area contributed by atoms with Crippen LogP contribution < -0.4 is 4.74 Å². The van der Waals surface area contributed by atoms with E-state index in [1.807, 2.05) is 13.0 Å². The quantitative estimate of drug-likeness (QED) is 0.326. The van der Waals surface area contributed by atoms with Crippen LogP contribution in [0.2, 0.25) is 5.02 Å². The number of aliphatic hydroxyl groups is 1. The number of hydrogen-bond acceptors (Lipinski definition) is 6. The Morgan fingerprint density at radius 1 is 1.34 bits per heavy atom. The van der Waals surface area contributed by atoms with Gasteiger partial charge in [-0.25, -0.2) is 4.79 Å². The summed E-state index contributed by atoms with van der Waals surface area (Å²) in [6.45, 7) is 4.29. The number of aromatic hydroxyl groups is 1. The molecule has 6 nitrogen and oxygen atoms in total. The van der Waals surface area contributed by atoms with Gasteiger partial charge < -0.3 is 24.4 Å². The molecule has 0 radical (unpaired) electrons. The second-order valence-corrected chi connectivity index (χ2v) is 8.08. The van der Waals surface area contributed by atoms with E-state index >= 15 is 0 Å². The van der Waals surface area contributed by atoms with Crippen molar-refractivity contribution in [2.24, 2.45) is 0 Å². The van der Waals surface area contributed by atoms with Crippen LogP contribution in [0.3, 0.4) is 0 Å². The van der Waals surface area contributed by atoms with Gasteiger partial charge >= 0.3 is 5.97 Å². The van der Waals surface area contributed by atoms with E-state index in [1.165, 1.54) is 6.07 Å². The van der Waals surface area contributed by atoms with Gasteiger partial charge in [0.1, 0.15) is 23.2 Å². The molecule has 0 spiro atoms. The maximum atomic E-state index is 12.8. The molecule has 1 aromatic rings. The van der Waals surface area contributed by atoms with Crippen molar-refractivity contribution in [1.82, 2.24) is 0 Å². The van der Waals surface area contributed by atoms with Gasteiger partial charge in [0.15, 0.2) is 0 Å². The Labute approximate surface area is 176 Å². The van der Waals surface area contributed by atoms with Crippen LogP contribution in [0, 0.1) is 0 Å². The van der Waals surface area contributed by atoms with Crippen molar-refractivity contribution in [2.45, 2.75) is 76.8 Å². The number of benzene rings is 1. The summed E-state index contributed by atoms with van der Waals surface area (Å²) in [5.41, 5.74) is 0.299. The van der Waals surface area contributed by atoms with E-state index in [4.69, 9.17) is 25.8 Å². The molecular weight excluding hydrogens is 396 g/mol. The minimum absolute atomic E-state index is 0.0255. The highest BCUT2D eigenvalue weighted by atomic mass is 35.5. The van der Waals surface area contributed by atoms with Crippen LogP contribution in [0.4, 0.5) is 0 Å². The van der Waals surface area contributed by atoms with Crippen LogP contribution in [0.5, 0.6) is 11.5 Å². The summed E-state index contributed by atoms with van der Waals surface area (Å²) >= 11 is 6.53. The molecule has 2 aliphatic rings. The van der Waals surface area contributed by atoms with Crippen molar-refractivity contribution in [2.75, 3.05) is 6.61 Å². The molecule has 3 rings (SSSR count). The van der Waals surface area contributed by atoms with Crippen molar-refractivity contribution in [3.63, 3.8) is 0 Å². The largest absolute Gasteiger partial charge is 0.507 e. The first-order chi connectivity index (χ1) is 13.9. The van der Waals surface area contributed by atoms with Crippen LogP contribution in [0.1, 0.15) is 61.9 Å². The number of fused-ring (bicyclic) bond motifs is 2. The Morgan fingerprint density at radius 2 is 2.14 bits per heavy atom. The molecule has 1 aromatic carbocycles. The fraction of sp³-hybridized carbons (Fsp3) is 0.591. The number of rotatable bonds is 4. The van der Waals surface area contributed by atoms with E-state index in [-0.39, 0.29) is 41.1 Å². The molecule has 1 saturated heterocycles. The lowest BCUT2D eigenvalue weighted by molar-refractivity contribution is 0.0305. The maximum Gasteiger partial charge on any atom is 0.342 e. The molecule has 0 aliphatic carbocycles. The van der Waals surface area contributed by atoms with Gasteiger partial charge in [-0.05, 0) is 31.7 Å². The number of allylic oxidation sites excluding steroid dienone is 1. The zero-order valence-electron chi connectivity index (χ0n) is 16.9. The molecule has 0 unspecified atom stereocenters. The smallest absolute Gasteiger partial charge is 0.342 e. The number of epoxide rings is 1. The van der Waals surface area contributed by atoms with Crippen molar-refractivity contribution < 1.29 is 29.2 Å². The number of carbonyl (C=O) groups is 1. The van der Waals surface area contributed by atoms with Crippen molar-refractivity contribution >= 4 is 17.6 Å². The number of cyclic esters (lactones) is 1. The molecule has 0 bridgehead atoms. The first-order valence-corrected chi connectivity index (χ1v) is 10.7. The standard InChI is InChI=1S/C22H29ClO6/c1-3-4-9-27-19-12-16(25)20-15(21(19)23)11-14(24)7-5-6-8-17-18(29-17)10-13(2)28-22(20)26/h5,7,12-14,17-18,24-25H,3-4,6,8-11H2,1-2H3/t13-,14+,17+,18+/m1/s1. The zero-order chi connectivity index (χ0) is 21.0. The minimum Gasteiger partial charge on any atom is -0.507 e. The number of carbonyl (C=O) groups excluding carboxylic acids is 1. The third-order valence-electron chi connectivity index (χ3n) is 5.22. The van der Waals surface area contributed by atoms with Crippen LogP contribution in [0.15, 0.2) is 18.2 Å². The summed E-state index contributed by atoms with van der Waals surface area (Å²) in [7, 11) is 0. The van der Waals surface area contributed by atoms with Gasteiger partial charge in [0.25, 0.3) is 0 Å². The molecule has 0 aromatic heterocycles. The number of aliphatic hydroxyl groups excluding tert-OH is 1. The van der Waals surface area contributed by atoms with Crippen LogP contribution in [-0.4, -0.2) is 47.2 Å². The number of hydrogen-bond donors (Lipinski definition) is 2. The molecule has 2 heterocycles. The van der Waals surface area contributed by atoms with Gasteiger partial charge in [0.2, 0.25) is 0 Å². The van der Waals surface area contributed by atoms with Crippen molar-refractivity contribution in [1.29, 1.82) is 0 Å². The second-order valence-electron chi connectivity index (χ2n) is 7.70. The van der Waals surface area contributed by atoms with Crippen LogP contribution in [0.25, 0.3) is 0 Å². The predicted molar refractivity (Wildman–Crippen MR) is 110 cm³/mol. The highest BCUT2D eigenvalue weighted by Gasteiger charge is 2.39.